The van der Waals surface area contributed by atoms with Crippen molar-refractivity contribution in [3.63, 3.8) is 0 Å². The quantitative estimate of drug-likeness (QED) is 0.789. The molecule has 2 unspecified atom stereocenters. The maximum atomic E-state index is 12.0. The summed E-state index contributed by atoms with van der Waals surface area (Å²) in [5, 5.41) is 3.43. The molecule has 0 radical (unpaired) electrons. The Morgan fingerprint density at radius 3 is 2.81 bits per heavy atom. The molecule has 0 aliphatic carbocycles. The minimum Gasteiger partial charge on any atom is -0.314 e. The van der Waals surface area contributed by atoms with Gasteiger partial charge in [-0.3, -0.25) is 4.79 Å². The van der Waals surface area contributed by atoms with E-state index < -0.39 is 0 Å². The zero-order chi connectivity index (χ0) is 11.4. The molecule has 0 saturated carbocycles. The van der Waals surface area contributed by atoms with Gasteiger partial charge in [-0.25, -0.2) is 0 Å². The molecule has 2 atom stereocenters. The van der Waals surface area contributed by atoms with Crippen molar-refractivity contribution >= 4 is 5.78 Å². The van der Waals surface area contributed by atoms with E-state index in [2.05, 4.69) is 12.2 Å². The van der Waals surface area contributed by atoms with Crippen LogP contribution in [-0.4, -0.2) is 18.4 Å². The highest BCUT2D eigenvalue weighted by molar-refractivity contribution is 5.96. The van der Waals surface area contributed by atoms with Crippen LogP contribution in [0, 0.1) is 5.92 Å². The Bertz CT molecular complexity index is 347. The van der Waals surface area contributed by atoms with Crippen molar-refractivity contribution in [1.82, 2.24) is 5.32 Å². The van der Waals surface area contributed by atoms with Gasteiger partial charge in [-0.2, -0.15) is 0 Å². The molecule has 1 aliphatic heterocycles. The van der Waals surface area contributed by atoms with Crippen molar-refractivity contribution in [2.24, 2.45) is 5.92 Å². The van der Waals surface area contributed by atoms with E-state index >= 15 is 0 Å². The topological polar surface area (TPSA) is 29.1 Å². The second-order valence-electron chi connectivity index (χ2n) is 4.77. The van der Waals surface area contributed by atoms with E-state index in [4.69, 9.17) is 0 Å². The zero-order valence-corrected chi connectivity index (χ0v) is 9.78. The molecule has 0 bridgehead atoms. The van der Waals surface area contributed by atoms with Gasteiger partial charge >= 0.3 is 0 Å². The summed E-state index contributed by atoms with van der Waals surface area (Å²) in [5.41, 5.74) is 0.836. The Kier molecular flexibility index (Phi) is 3.73. The van der Waals surface area contributed by atoms with Gasteiger partial charge in [0.1, 0.15) is 0 Å². The Labute approximate surface area is 97.1 Å². The van der Waals surface area contributed by atoms with Crippen molar-refractivity contribution in [1.29, 1.82) is 0 Å². The molecular formula is C14H19NO. The summed E-state index contributed by atoms with van der Waals surface area (Å²) < 4.78 is 0. The third kappa shape index (κ3) is 2.92. The van der Waals surface area contributed by atoms with Crippen molar-refractivity contribution in [3.8, 4) is 0 Å². The summed E-state index contributed by atoms with van der Waals surface area (Å²) in [6.07, 6.45) is 2.99. The number of hydrogen-bond acceptors (Lipinski definition) is 2. The molecule has 1 aromatic carbocycles. The zero-order valence-electron chi connectivity index (χ0n) is 9.78. The van der Waals surface area contributed by atoms with Crippen molar-refractivity contribution in [2.75, 3.05) is 6.54 Å². The lowest BCUT2D eigenvalue weighted by molar-refractivity contribution is 0.0959. The van der Waals surface area contributed by atoms with Crippen LogP contribution in [-0.2, 0) is 0 Å². The smallest absolute Gasteiger partial charge is 0.164 e. The van der Waals surface area contributed by atoms with Crippen molar-refractivity contribution in [3.05, 3.63) is 35.9 Å². The molecule has 1 aliphatic rings. The minimum absolute atomic E-state index is 0.257. The number of ketones is 1. The second kappa shape index (κ2) is 5.26. The molecule has 0 aromatic heterocycles. The third-order valence-corrected chi connectivity index (χ3v) is 3.28. The number of carbonyl (C=O) groups excluding carboxylic acids is 1. The molecule has 2 heteroatoms. The van der Waals surface area contributed by atoms with E-state index in [1.54, 1.807) is 0 Å². The van der Waals surface area contributed by atoms with Gasteiger partial charge in [0, 0.05) is 18.0 Å². The third-order valence-electron chi connectivity index (χ3n) is 3.28. The average Bonchev–Trinajstić information content (AvgIpc) is 2.30. The molecule has 0 spiro atoms. The van der Waals surface area contributed by atoms with Crippen LogP contribution in [0.15, 0.2) is 30.3 Å². The number of hydrogen-bond donors (Lipinski definition) is 1. The molecule has 0 amide bonds. The highest BCUT2D eigenvalue weighted by Crippen LogP contribution is 2.18. The van der Waals surface area contributed by atoms with E-state index in [0.29, 0.717) is 12.5 Å². The monoisotopic (exact) mass is 217 g/mol. The van der Waals surface area contributed by atoms with Gasteiger partial charge < -0.3 is 5.32 Å². The number of Topliss-reactive ketones (excluding diaryl/α,β-unsaturated/α-hetero) is 1. The highest BCUT2D eigenvalue weighted by atomic mass is 16.1. The predicted molar refractivity (Wildman–Crippen MR) is 65.6 cm³/mol. The lowest BCUT2D eigenvalue weighted by Gasteiger charge is -2.27. The first-order chi connectivity index (χ1) is 7.75. The SMILES string of the molecule is CC1CCNC(CC(=O)c2ccccc2)C1. The number of carbonyl (C=O) groups is 1. The first-order valence-electron chi connectivity index (χ1n) is 6.07. The molecule has 1 saturated heterocycles. The van der Waals surface area contributed by atoms with Gasteiger partial charge in [0.25, 0.3) is 0 Å². The standard InChI is InChI=1S/C14H19NO/c1-11-7-8-15-13(9-11)10-14(16)12-5-3-2-4-6-12/h2-6,11,13,15H,7-10H2,1H3. The molecule has 86 valence electrons. The van der Waals surface area contributed by atoms with Crippen LogP contribution in [0.5, 0.6) is 0 Å². The largest absolute Gasteiger partial charge is 0.314 e. The van der Waals surface area contributed by atoms with Crippen LogP contribution >= 0.6 is 0 Å². The molecule has 2 nitrogen and oxygen atoms in total. The summed E-state index contributed by atoms with van der Waals surface area (Å²) in [4.78, 5) is 12.0. The van der Waals surface area contributed by atoms with Crippen LogP contribution in [0.3, 0.4) is 0 Å². The fourth-order valence-electron chi connectivity index (χ4n) is 2.34. The Morgan fingerprint density at radius 1 is 1.38 bits per heavy atom. The molecule has 1 aromatic rings. The molecular weight excluding hydrogens is 198 g/mol. The molecule has 16 heavy (non-hydrogen) atoms. The van der Waals surface area contributed by atoms with Crippen LogP contribution in [0.4, 0.5) is 0 Å². The van der Waals surface area contributed by atoms with Gasteiger partial charge in [-0.15, -0.1) is 0 Å². The Morgan fingerprint density at radius 2 is 2.12 bits per heavy atom. The summed E-state index contributed by atoms with van der Waals surface area (Å²) in [7, 11) is 0. The maximum Gasteiger partial charge on any atom is 0.164 e. The van der Waals surface area contributed by atoms with Crippen LogP contribution in [0.25, 0.3) is 0 Å². The normalized spacial score (nSPS) is 25.3. The van der Waals surface area contributed by atoms with Gasteiger partial charge in [0.15, 0.2) is 5.78 Å². The summed E-state index contributed by atoms with van der Waals surface area (Å²) in [5.74, 6) is 1.00. The fourth-order valence-corrected chi connectivity index (χ4v) is 2.34. The van der Waals surface area contributed by atoms with Gasteiger partial charge in [-0.1, -0.05) is 37.3 Å². The summed E-state index contributed by atoms with van der Waals surface area (Å²) in [6.45, 7) is 3.31. The fraction of sp³-hybridized carbons (Fsp3) is 0.500. The second-order valence-corrected chi connectivity index (χ2v) is 4.77. The average molecular weight is 217 g/mol. The van der Waals surface area contributed by atoms with Crippen LogP contribution in [0.1, 0.15) is 36.5 Å². The van der Waals surface area contributed by atoms with Crippen LogP contribution < -0.4 is 5.32 Å². The van der Waals surface area contributed by atoms with Gasteiger partial charge in [0.2, 0.25) is 0 Å². The summed E-state index contributed by atoms with van der Waals surface area (Å²) in [6, 6.07) is 9.95. The molecule has 1 fully saturated rings. The van der Waals surface area contributed by atoms with E-state index in [9.17, 15) is 4.79 Å². The molecule has 1 heterocycles. The maximum absolute atomic E-state index is 12.0. The Balaban J connectivity index is 1.92. The number of nitrogens with one attached hydrogen (secondary N) is 1. The minimum atomic E-state index is 0.257. The van der Waals surface area contributed by atoms with Crippen LogP contribution in [0.2, 0.25) is 0 Å². The molecule has 1 N–H and O–H groups in total. The van der Waals surface area contributed by atoms with Gasteiger partial charge in [0.05, 0.1) is 0 Å². The number of rotatable bonds is 3. The van der Waals surface area contributed by atoms with E-state index in [1.807, 2.05) is 30.3 Å². The van der Waals surface area contributed by atoms with Crippen molar-refractivity contribution < 1.29 is 4.79 Å². The van der Waals surface area contributed by atoms with E-state index in [0.717, 1.165) is 24.4 Å². The summed E-state index contributed by atoms with van der Waals surface area (Å²) >= 11 is 0. The Hall–Kier alpha value is -1.15. The van der Waals surface area contributed by atoms with E-state index in [1.165, 1.54) is 6.42 Å². The number of piperidine rings is 1. The van der Waals surface area contributed by atoms with E-state index in [-0.39, 0.29) is 5.78 Å². The predicted octanol–water partition coefficient (Wildman–Crippen LogP) is 2.65. The first-order valence-corrected chi connectivity index (χ1v) is 6.07. The van der Waals surface area contributed by atoms with Gasteiger partial charge in [-0.05, 0) is 25.3 Å². The lowest BCUT2D eigenvalue weighted by atomic mass is 9.90. The van der Waals surface area contributed by atoms with Crippen molar-refractivity contribution in [2.45, 2.75) is 32.2 Å². The highest BCUT2D eigenvalue weighted by Gasteiger charge is 2.20. The lowest BCUT2D eigenvalue weighted by Crippen LogP contribution is -2.38. The number of benzene rings is 1. The molecule has 2 rings (SSSR count). The first kappa shape index (κ1) is 11.3.